The summed E-state index contributed by atoms with van der Waals surface area (Å²) in [5, 5.41) is 3.16. The Hall–Kier alpha value is -3.50. The molecule has 0 aliphatic heterocycles. The monoisotopic (exact) mass is 615 g/mol. The fraction of sp³-hybridized carbons (Fsp3) is 0.355. The topological polar surface area (TPSA) is 101 Å². The van der Waals surface area contributed by atoms with Crippen LogP contribution in [0.2, 0.25) is 5.02 Å². The van der Waals surface area contributed by atoms with Crippen molar-refractivity contribution >= 4 is 38.4 Å². The summed E-state index contributed by atoms with van der Waals surface area (Å²) in [6.07, 6.45) is 4.16. The van der Waals surface area contributed by atoms with Crippen LogP contribution in [-0.4, -0.2) is 43.2 Å². The number of fused-ring (bicyclic) bond motifs is 1. The number of carbonyl (C=O) groups excluding carboxylic acids is 1. The van der Waals surface area contributed by atoms with Gasteiger partial charge in [-0.2, -0.15) is 8.78 Å². The van der Waals surface area contributed by atoms with Gasteiger partial charge in [0.25, 0.3) is 0 Å². The number of ether oxygens (including phenoxy) is 1. The van der Waals surface area contributed by atoms with Gasteiger partial charge in [-0.1, -0.05) is 48.4 Å². The summed E-state index contributed by atoms with van der Waals surface area (Å²) in [6, 6.07) is 16.9. The third-order valence-electron chi connectivity index (χ3n) is 7.40. The average Bonchev–Trinajstić information content (AvgIpc) is 3.65. The molecule has 42 heavy (non-hydrogen) atoms. The van der Waals surface area contributed by atoms with Gasteiger partial charge in [0.1, 0.15) is 11.6 Å². The SMILES string of the molecule is CC(=O)NCCCCC(c1ccc(S(=O)(=O)CC2CC2)cc1)c1nc2cc(-c3ccccc3OC(F)F)c(Cl)cc2[nH]1. The first-order valence-corrected chi connectivity index (χ1v) is 15.9. The second-order valence-corrected chi connectivity index (χ2v) is 13.1. The van der Waals surface area contributed by atoms with E-state index in [0.717, 1.165) is 31.2 Å². The molecule has 0 radical (unpaired) electrons. The molecular formula is C31H32ClF2N3O4S. The highest BCUT2D eigenvalue weighted by molar-refractivity contribution is 7.91. The molecule has 1 heterocycles. The summed E-state index contributed by atoms with van der Waals surface area (Å²) >= 11 is 6.61. The number of benzene rings is 3. The van der Waals surface area contributed by atoms with Gasteiger partial charge in [-0.05, 0) is 67.5 Å². The molecule has 4 aromatic rings. The molecule has 0 saturated heterocycles. The lowest BCUT2D eigenvalue weighted by atomic mass is 9.93. The van der Waals surface area contributed by atoms with E-state index in [1.807, 2.05) is 12.1 Å². The Morgan fingerprint density at radius 1 is 1.10 bits per heavy atom. The molecule has 222 valence electrons. The van der Waals surface area contributed by atoms with Crippen molar-refractivity contribution in [1.29, 1.82) is 0 Å². The van der Waals surface area contributed by atoms with Gasteiger partial charge in [-0.25, -0.2) is 13.4 Å². The zero-order valence-electron chi connectivity index (χ0n) is 23.1. The molecule has 1 aliphatic carbocycles. The Balaban J connectivity index is 1.46. The number of imidazole rings is 1. The van der Waals surface area contributed by atoms with E-state index in [2.05, 4.69) is 10.3 Å². The molecule has 1 amide bonds. The van der Waals surface area contributed by atoms with Crippen molar-refractivity contribution in [2.24, 2.45) is 5.92 Å². The van der Waals surface area contributed by atoms with E-state index in [1.165, 1.54) is 13.0 Å². The molecule has 1 fully saturated rings. The minimum Gasteiger partial charge on any atom is -0.434 e. The largest absolute Gasteiger partial charge is 0.434 e. The quantitative estimate of drug-likeness (QED) is 0.156. The van der Waals surface area contributed by atoms with E-state index in [1.54, 1.807) is 42.5 Å². The van der Waals surface area contributed by atoms with Gasteiger partial charge < -0.3 is 15.0 Å². The summed E-state index contributed by atoms with van der Waals surface area (Å²) in [6.45, 7) is -0.945. The molecule has 7 nitrogen and oxygen atoms in total. The van der Waals surface area contributed by atoms with Crippen molar-refractivity contribution in [2.75, 3.05) is 12.3 Å². The Morgan fingerprint density at radius 2 is 1.83 bits per heavy atom. The first-order chi connectivity index (χ1) is 20.1. The van der Waals surface area contributed by atoms with E-state index >= 15 is 0 Å². The number of para-hydroxylation sites is 1. The summed E-state index contributed by atoms with van der Waals surface area (Å²) in [5.74, 6) is 0.845. The molecule has 1 atom stereocenters. The normalized spacial score (nSPS) is 14.3. The lowest BCUT2D eigenvalue weighted by Crippen LogP contribution is -2.20. The van der Waals surface area contributed by atoms with Crippen molar-refractivity contribution < 1.29 is 26.7 Å². The van der Waals surface area contributed by atoms with E-state index < -0.39 is 16.4 Å². The number of unbranched alkanes of at least 4 members (excludes halogenated alkanes) is 1. The number of sulfone groups is 1. The second-order valence-electron chi connectivity index (χ2n) is 10.7. The zero-order valence-corrected chi connectivity index (χ0v) is 24.7. The van der Waals surface area contributed by atoms with Gasteiger partial charge in [0.05, 0.1) is 26.7 Å². The first-order valence-electron chi connectivity index (χ1n) is 13.9. The molecule has 0 spiro atoms. The highest BCUT2D eigenvalue weighted by Gasteiger charge is 2.29. The number of aromatic nitrogens is 2. The standard InChI is InChI=1S/C31H32ClF2N3O4S/c1-19(38)35-15-5-4-6-23(21-11-13-22(14-12-21)42(39,40)18-20-9-10-20)30-36-27-16-25(26(32)17-28(27)37-30)24-7-2-3-8-29(24)41-31(33)34/h2-3,7-8,11-14,16-17,20,23,31H,4-6,9-10,15,18H2,1H3,(H,35,38)(H,36,37). The molecule has 1 saturated carbocycles. The van der Waals surface area contributed by atoms with Crippen LogP contribution in [0.4, 0.5) is 8.78 Å². The van der Waals surface area contributed by atoms with Crippen molar-refractivity contribution in [1.82, 2.24) is 15.3 Å². The van der Waals surface area contributed by atoms with Crippen LogP contribution in [0.1, 0.15) is 56.3 Å². The molecule has 3 aromatic carbocycles. The van der Waals surface area contributed by atoms with Crippen LogP contribution in [0.25, 0.3) is 22.2 Å². The molecule has 2 N–H and O–H groups in total. The smallest absolute Gasteiger partial charge is 0.387 e. The molecule has 11 heteroatoms. The number of halogens is 3. The van der Waals surface area contributed by atoms with Crippen molar-refractivity contribution in [3.8, 4) is 16.9 Å². The van der Waals surface area contributed by atoms with E-state index in [0.29, 0.717) is 50.9 Å². The predicted molar refractivity (Wildman–Crippen MR) is 159 cm³/mol. The highest BCUT2D eigenvalue weighted by atomic mass is 35.5. The Labute approximate surface area is 248 Å². The van der Waals surface area contributed by atoms with Gasteiger partial charge >= 0.3 is 6.61 Å². The number of carbonyl (C=O) groups is 1. The predicted octanol–water partition coefficient (Wildman–Crippen LogP) is 7.11. The number of amides is 1. The Kier molecular flexibility index (Phi) is 9.13. The number of alkyl halides is 2. The zero-order chi connectivity index (χ0) is 29.9. The maximum Gasteiger partial charge on any atom is 0.387 e. The Morgan fingerprint density at radius 3 is 2.52 bits per heavy atom. The number of nitrogens with zero attached hydrogens (tertiary/aromatic N) is 1. The van der Waals surface area contributed by atoms with E-state index in [-0.39, 0.29) is 29.2 Å². The van der Waals surface area contributed by atoms with Crippen molar-refractivity contribution in [3.05, 3.63) is 77.1 Å². The van der Waals surface area contributed by atoms with Crippen LogP contribution in [0, 0.1) is 5.92 Å². The molecular weight excluding hydrogens is 584 g/mol. The number of hydrogen-bond donors (Lipinski definition) is 2. The Bertz CT molecular complexity index is 1670. The molecule has 0 bridgehead atoms. The summed E-state index contributed by atoms with van der Waals surface area (Å²) in [7, 11) is -3.34. The number of H-pyrrole nitrogens is 1. The van der Waals surface area contributed by atoms with E-state index in [9.17, 15) is 22.0 Å². The number of nitrogens with one attached hydrogen (secondary N) is 2. The molecule has 5 rings (SSSR count). The third kappa shape index (κ3) is 7.28. The summed E-state index contributed by atoms with van der Waals surface area (Å²) in [4.78, 5) is 19.8. The molecule has 1 aliphatic rings. The minimum absolute atomic E-state index is 0.0123. The van der Waals surface area contributed by atoms with Gasteiger partial charge in [0.2, 0.25) is 5.91 Å². The number of rotatable bonds is 13. The number of aromatic amines is 1. The van der Waals surface area contributed by atoms with Gasteiger partial charge in [-0.3, -0.25) is 4.79 Å². The average molecular weight is 616 g/mol. The minimum atomic E-state index is -3.34. The van der Waals surface area contributed by atoms with Crippen LogP contribution < -0.4 is 10.1 Å². The maximum absolute atomic E-state index is 13.0. The van der Waals surface area contributed by atoms with Crippen LogP contribution in [0.3, 0.4) is 0 Å². The molecule has 1 unspecified atom stereocenters. The highest BCUT2D eigenvalue weighted by Crippen LogP contribution is 2.39. The van der Waals surface area contributed by atoms with Crippen molar-refractivity contribution in [3.63, 3.8) is 0 Å². The van der Waals surface area contributed by atoms with Gasteiger partial charge in [0.15, 0.2) is 9.84 Å². The number of hydrogen-bond acceptors (Lipinski definition) is 5. The summed E-state index contributed by atoms with van der Waals surface area (Å²) < 4.78 is 56.4. The van der Waals surface area contributed by atoms with Crippen LogP contribution in [0.15, 0.2) is 65.6 Å². The fourth-order valence-electron chi connectivity index (χ4n) is 5.11. The fourth-order valence-corrected chi connectivity index (χ4v) is 7.07. The van der Waals surface area contributed by atoms with Crippen molar-refractivity contribution in [2.45, 2.75) is 56.5 Å². The van der Waals surface area contributed by atoms with Crippen LogP contribution in [-0.2, 0) is 14.6 Å². The second kappa shape index (κ2) is 12.8. The summed E-state index contributed by atoms with van der Waals surface area (Å²) in [5.41, 5.74) is 3.12. The lowest BCUT2D eigenvalue weighted by Gasteiger charge is -2.16. The van der Waals surface area contributed by atoms with Crippen LogP contribution >= 0.6 is 11.6 Å². The van der Waals surface area contributed by atoms with E-state index in [4.69, 9.17) is 21.3 Å². The van der Waals surface area contributed by atoms with Crippen LogP contribution in [0.5, 0.6) is 5.75 Å². The first kappa shape index (κ1) is 30.0. The lowest BCUT2D eigenvalue weighted by molar-refractivity contribution is -0.118. The van der Waals surface area contributed by atoms with Gasteiger partial charge in [-0.15, -0.1) is 0 Å². The third-order valence-corrected chi connectivity index (χ3v) is 9.61. The molecule has 1 aromatic heterocycles. The van der Waals surface area contributed by atoms with Gasteiger partial charge in [0, 0.05) is 30.5 Å². The maximum atomic E-state index is 13.0.